The summed E-state index contributed by atoms with van der Waals surface area (Å²) in [5, 5.41) is 11.1. The number of likely N-dealkylation sites (N-methyl/N-ethyl adjacent to an activating group) is 1. The van der Waals surface area contributed by atoms with E-state index in [4.69, 9.17) is 10.4 Å². The molecular formula is C22H31N5. The summed E-state index contributed by atoms with van der Waals surface area (Å²) in [6, 6.07) is 11.1. The van der Waals surface area contributed by atoms with E-state index in [1.54, 1.807) is 0 Å². The Balaban J connectivity index is 1.85. The van der Waals surface area contributed by atoms with Gasteiger partial charge in [0.05, 0.1) is 5.69 Å². The van der Waals surface area contributed by atoms with Crippen molar-refractivity contribution in [2.45, 2.75) is 33.4 Å². The standard InChI is InChI=1S/C22H31N5/c1-16(2)24-22-20(14-23)17(3)12-21(25-22)19-7-5-6-18(13-19)15-27-10-8-26(4)9-11-27/h5-7,12-14,16,23H,8-11,15H2,1-4H3,(H,24,25). The summed E-state index contributed by atoms with van der Waals surface area (Å²) in [7, 11) is 2.19. The number of nitrogens with one attached hydrogen (secondary N) is 2. The van der Waals surface area contributed by atoms with Crippen LogP contribution in [0.15, 0.2) is 30.3 Å². The Morgan fingerprint density at radius 3 is 2.59 bits per heavy atom. The number of piperazine rings is 1. The fraction of sp³-hybridized carbons (Fsp3) is 0.455. The van der Waals surface area contributed by atoms with Crippen LogP contribution in [0.25, 0.3) is 11.3 Å². The van der Waals surface area contributed by atoms with E-state index in [1.165, 1.54) is 11.8 Å². The summed E-state index contributed by atoms with van der Waals surface area (Å²) in [4.78, 5) is 9.73. The van der Waals surface area contributed by atoms with Crippen LogP contribution in [0.5, 0.6) is 0 Å². The van der Waals surface area contributed by atoms with E-state index in [2.05, 4.69) is 66.3 Å². The molecule has 1 aliphatic heterocycles. The second-order valence-electron chi connectivity index (χ2n) is 7.81. The highest BCUT2D eigenvalue weighted by Crippen LogP contribution is 2.26. The number of hydrogen-bond acceptors (Lipinski definition) is 5. The van der Waals surface area contributed by atoms with Crippen LogP contribution in [0, 0.1) is 12.3 Å². The summed E-state index contributed by atoms with van der Waals surface area (Å²) in [5.74, 6) is 0.791. The highest BCUT2D eigenvalue weighted by Gasteiger charge is 2.15. The van der Waals surface area contributed by atoms with Gasteiger partial charge in [-0.1, -0.05) is 18.2 Å². The molecule has 144 valence electrons. The van der Waals surface area contributed by atoms with E-state index >= 15 is 0 Å². The molecule has 3 rings (SSSR count). The van der Waals surface area contributed by atoms with E-state index in [9.17, 15) is 0 Å². The smallest absolute Gasteiger partial charge is 0.135 e. The predicted octanol–water partition coefficient (Wildman–Crippen LogP) is 3.62. The van der Waals surface area contributed by atoms with Gasteiger partial charge in [-0.15, -0.1) is 0 Å². The summed E-state index contributed by atoms with van der Waals surface area (Å²) in [6.45, 7) is 11.7. The van der Waals surface area contributed by atoms with E-state index < -0.39 is 0 Å². The molecule has 0 amide bonds. The minimum Gasteiger partial charge on any atom is -0.367 e. The topological polar surface area (TPSA) is 55.2 Å². The number of aromatic nitrogens is 1. The normalized spacial score (nSPS) is 15.9. The molecule has 2 N–H and O–H groups in total. The van der Waals surface area contributed by atoms with Gasteiger partial charge in [-0.05, 0) is 51.1 Å². The summed E-state index contributed by atoms with van der Waals surface area (Å²) < 4.78 is 0. The first kappa shape index (κ1) is 19.5. The van der Waals surface area contributed by atoms with Crippen molar-refractivity contribution in [1.82, 2.24) is 14.8 Å². The summed E-state index contributed by atoms with van der Waals surface area (Å²) >= 11 is 0. The Labute approximate surface area is 162 Å². The highest BCUT2D eigenvalue weighted by molar-refractivity contribution is 5.87. The van der Waals surface area contributed by atoms with Gasteiger partial charge >= 0.3 is 0 Å². The number of hydrogen-bond donors (Lipinski definition) is 2. The molecule has 0 saturated carbocycles. The second-order valence-corrected chi connectivity index (χ2v) is 7.81. The number of anilines is 1. The lowest BCUT2D eigenvalue weighted by Gasteiger charge is -2.32. The Hall–Kier alpha value is -2.24. The third-order valence-electron chi connectivity index (χ3n) is 5.06. The minimum absolute atomic E-state index is 0.273. The zero-order chi connectivity index (χ0) is 19.4. The number of aryl methyl sites for hydroxylation is 1. The van der Waals surface area contributed by atoms with E-state index in [0.29, 0.717) is 0 Å². The second kappa shape index (κ2) is 8.63. The third-order valence-corrected chi connectivity index (χ3v) is 5.06. The number of benzene rings is 1. The molecule has 5 heteroatoms. The molecule has 0 unspecified atom stereocenters. The summed E-state index contributed by atoms with van der Waals surface area (Å²) in [6.07, 6.45) is 1.39. The molecule has 2 aromatic rings. The highest BCUT2D eigenvalue weighted by atomic mass is 15.2. The molecule has 1 saturated heterocycles. The molecule has 0 aliphatic carbocycles. The minimum atomic E-state index is 0.273. The Bertz CT molecular complexity index is 791. The molecule has 0 bridgehead atoms. The maximum atomic E-state index is 7.72. The molecule has 27 heavy (non-hydrogen) atoms. The quantitative estimate of drug-likeness (QED) is 0.768. The number of nitrogens with zero attached hydrogens (tertiary/aromatic N) is 3. The average Bonchev–Trinajstić information content (AvgIpc) is 2.63. The van der Waals surface area contributed by atoms with Crippen molar-refractivity contribution in [1.29, 1.82) is 5.41 Å². The van der Waals surface area contributed by atoms with Gasteiger partial charge in [-0.2, -0.15) is 0 Å². The monoisotopic (exact) mass is 365 g/mol. The maximum Gasteiger partial charge on any atom is 0.135 e. The molecule has 1 aromatic heterocycles. The van der Waals surface area contributed by atoms with E-state index in [1.807, 2.05) is 6.92 Å². The largest absolute Gasteiger partial charge is 0.367 e. The molecule has 1 aromatic carbocycles. The first-order chi connectivity index (χ1) is 13.0. The van der Waals surface area contributed by atoms with Crippen LogP contribution in [0.4, 0.5) is 5.82 Å². The number of pyridine rings is 1. The van der Waals surface area contributed by atoms with Crippen LogP contribution in [0.3, 0.4) is 0 Å². The fourth-order valence-corrected chi connectivity index (χ4v) is 3.49. The average molecular weight is 366 g/mol. The van der Waals surface area contributed by atoms with Crippen molar-refractivity contribution in [3.05, 3.63) is 47.0 Å². The van der Waals surface area contributed by atoms with Crippen molar-refractivity contribution >= 4 is 12.0 Å². The van der Waals surface area contributed by atoms with Gasteiger partial charge < -0.3 is 15.6 Å². The van der Waals surface area contributed by atoms with Crippen molar-refractivity contribution in [3.8, 4) is 11.3 Å². The maximum absolute atomic E-state index is 7.72. The van der Waals surface area contributed by atoms with Gasteiger partial charge in [0.1, 0.15) is 5.82 Å². The molecule has 2 heterocycles. The van der Waals surface area contributed by atoms with Crippen molar-refractivity contribution < 1.29 is 0 Å². The fourth-order valence-electron chi connectivity index (χ4n) is 3.49. The Kier molecular flexibility index (Phi) is 6.24. The zero-order valence-corrected chi connectivity index (χ0v) is 16.9. The van der Waals surface area contributed by atoms with Gasteiger partial charge in [0, 0.05) is 56.1 Å². The molecule has 0 spiro atoms. The molecule has 0 radical (unpaired) electrons. The molecular weight excluding hydrogens is 334 g/mol. The third kappa shape index (κ3) is 4.93. The molecule has 1 fully saturated rings. The first-order valence-corrected chi connectivity index (χ1v) is 9.75. The van der Waals surface area contributed by atoms with Gasteiger partial charge in [-0.25, -0.2) is 4.98 Å². The summed E-state index contributed by atoms with van der Waals surface area (Å²) in [5.41, 5.74) is 5.35. The first-order valence-electron chi connectivity index (χ1n) is 9.75. The van der Waals surface area contributed by atoms with Crippen LogP contribution >= 0.6 is 0 Å². The van der Waals surface area contributed by atoms with Crippen molar-refractivity contribution in [3.63, 3.8) is 0 Å². The van der Waals surface area contributed by atoms with Crippen LogP contribution in [-0.4, -0.2) is 60.3 Å². The van der Waals surface area contributed by atoms with Gasteiger partial charge in [0.25, 0.3) is 0 Å². The van der Waals surface area contributed by atoms with Crippen LogP contribution < -0.4 is 5.32 Å². The lowest BCUT2D eigenvalue weighted by molar-refractivity contribution is 0.148. The predicted molar refractivity (Wildman–Crippen MR) is 114 cm³/mol. The van der Waals surface area contributed by atoms with Gasteiger partial charge in [-0.3, -0.25) is 4.90 Å². The molecule has 1 aliphatic rings. The zero-order valence-electron chi connectivity index (χ0n) is 16.9. The van der Waals surface area contributed by atoms with Crippen LogP contribution in [0.2, 0.25) is 0 Å². The lowest BCUT2D eigenvalue weighted by Crippen LogP contribution is -2.43. The number of rotatable bonds is 6. The van der Waals surface area contributed by atoms with Crippen molar-refractivity contribution in [2.75, 3.05) is 38.5 Å². The molecule has 0 atom stereocenters. The van der Waals surface area contributed by atoms with Gasteiger partial charge in [0.2, 0.25) is 0 Å². The Morgan fingerprint density at radius 1 is 1.19 bits per heavy atom. The molecule has 5 nitrogen and oxygen atoms in total. The van der Waals surface area contributed by atoms with Gasteiger partial charge in [0.15, 0.2) is 0 Å². The Morgan fingerprint density at radius 2 is 1.93 bits per heavy atom. The van der Waals surface area contributed by atoms with Crippen LogP contribution in [0.1, 0.15) is 30.5 Å². The van der Waals surface area contributed by atoms with Crippen molar-refractivity contribution in [2.24, 2.45) is 0 Å². The SMILES string of the molecule is Cc1cc(-c2cccc(CN3CCN(C)CC3)c2)nc(NC(C)C)c1C=N. The van der Waals surface area contributed by atoms with E-state index in [-0.39, 0.29) is 6.04 Å². The lowest BCUT2D eigenvalue weighted by atomic mass is 10.0. The van der Waals surface area contributed by atoms with Crippen LogP contribution in [-0.2, 0) is 6.54 Å². The van der Waals surface area contributed by atoms with E-state index in [0.717, 1.165) is 60.9 Å².